The van der Waals surface area contributed by atoms with Crippen LogP contribution in [0, 0.1) is 0 Å². The highest BCUT2D eigenvalue weighted by Crippen LogP contribution is 2.37. The SMILES string of the molecule is c1ccc2c(c1)CCC2NC1CCOC2(CCOCC2)C1. The van der Waals surface area contributed by atoms with Gasteiger partial charge in [0.1, 0.15) is 0 Å². The Labute approximate surface area is 127 Å². The summed E-state index contributed by atoms with van der Waals surface area (Å²) >= 11 is 0. The maximum absolute atomic E-state index is 6.15. The fourth-order valence-corrected chi connectivity index (χ4v) is 4.28. The highest BCUT2D eigenvalue weighted by atomic mass is 16.5. The first kappa shape index (κ1) is 13.7. The molecule has 0 aromatic heterocycles. The predicted octanol–water partition coefficient (Wildman–Crippen LogP) is 2.99. The van der Waals surface area contributed by atoms with Crippen LogP contribution in [-0.2, 0) is 15.9 Å². The zero-order chi connectivity index (χ0) is 14.1. The van der Waals surface area contributed by atoms with Gasteiger partial charge in [-0.2, -0.15) is 0 Å². The molecule has 2 fully saturated rings. The van der Waals surface area contributed by atoms with E-state index < -0.39 is 0 Å². The third-order valence-electron chi connectivity index (χ3n) is 5.47. The van der Waals surface area contributed by atoms with Crippen molar-refractivity contribution in [2.45, 2.75) is 56.2 Å². The Morgan fingerprint density at radius 3 is 2.81 bits per heavy atom. The van der Waals surface area contributed by atoms with Gasteiger partial charge >= 0.3 is 0 Å². The lowest BCUT2D eigenvalue weighted by Crippen LogP contribution is -2.50. The fourth-order valence-electron chi connectivity index (χ4n) is 4.28. The molecule has 0 saturated carbocycles. The molecule has 2 saturated heterocycles. The largest absolute Gasteiger partial charge is 0.381 e. The molecule has 3 heteroatoms. The Kier molecular flexibility index (Phi) is 3.74. The summed E-state index contributed by atoms with van der Waals surface area (Å²) in [6, 6.07) is 10.0. The van der Waals surface area contributed by atoms with E-state index >= 15 is 0 Å². The van der Waals surface area contributed by atoms with Gasteiger partial charge in [-0.05, 0) is 49.7 Å². The number of hydrogen-bond acceptors (Lipinski definition) is 3. The van der Waals surface area contributed by atoms with Crippen LogP contribution in [0.2, 0.25) is 0 Å². The Bertz CT molecular complexity index is 490. The highest BCUT2D eigenvalue weighted by molar-refractivity contribution is 5.34. The summed E-state index contributed by atoms with van der Waals surface area (Å²) in [5.74, 6) is 0. The molecule has 2 unspecified atom stereocenters. The number of ether oxygens (including phenoxy) is 2. The van der Waals surface area contributed by atoms with E-state index in [1.54, 1.807) is 0 Å². The minimum Gasteiger partial charge on any atom is -0.381 e. The molecular weight excluding hydrogens is 262 g/mol. The zero-order valence-electron chi connectivity index (χ0n) is 12.6. The molecule has 114 valence electrons. The molecule has 1 aromatic rings. The minimum atomic E-state index is 0.0896. The number of benzene rings is 1. The Morgan fingerprint density at radius 1 is 1.05 bits per heavy atom. The van der Waals surface area contributed by atoms with Crippen LogP contribution < -0.4 is 5.32 Å². The van der Waals surface area contributed by atoms with Crippen molar-refractivity contribution in [1.29, 1.82) is 0 Å². The van der Waals surface area contributed by atoms with E-state index in [0.29, 0.717) is 12.1 Å². The number of rotatable bonds is 2. The van der Waals surface area contributed by atoms with Gasteiger partial charge in [0.15, 0.2) is 0 Å². The second-order valence-electron chi connectivity index (χ2n) is 6.79. The third-order valence-corrected chi connectivity index (χ3v) is 5.47. The first-order valence-electron chi connectivity index (χ1n) is 8.40. The van der Waals surface area contributed by atoms with Crippen LogP contribution >= 0.6 is 0 Å². The van der Waals surface area contributed by atoms with Crippen LogP contribution in [0.25, 0.3) is 0 Å². The lowest BCUT2D eigenvalue weighted by Gasteiger charge is -2.44. The van der Waals surface area contributed by atoms with Crippen LogP contribution in [0.1, 0.15) is 49.3 Å². The van der Waals surface area contributed by atoms with E-state index in [1.807, 2.05) is 0 Å². The van der Waals surface area contributed by atoms with Gasteiger partial charge in [0.2, 0.25) is 0 Å². The summed E-state index contributed by atoms with van der Waals surface area (Å²) in [6.07, 6.45) is 6.87. The van der Waals surface area contributed by atoms with Crippen LogP contribution in [-0.4, -0.2) is 31.5 Å². The molecule has 0 bridgehead atoms. The monoisotopic (exact) mass is 287 g/mol. The number of hydrogen-bond donors (Lipinski definition) is 1. The molecule has 2 aliphatic heterocycles. The van der Waals surface area contributed by atoms with Crippen molar-refractivity contribution in [3.8, 4) is 0 Å². The van der Waals surface area contributed by atoms with Crippen LogP contribution in [0.15, 0.2) is 24.3 Å². The van der Waals surface area contributed by atoms with Gasteiger partial charge in [-0.25, -0.2) is 0 Å². The highest BCUT2D eigenvalue weighted by Gasteiger charge is 2.39. The fraction of sp³-hybridized carbons (Fsp3) is 0.667. The average molecular weight is 287 g/mol. The molecule has 0 radical (unpaired) electrons. The van der Waals surface area contributed by atoms with Gasteiger partial charge in [-0.3, -0.25) is 0 Å². The topological polar surface area (TPSA) is 30.5 Å². The van der Waals surface area contributed by atoms with Crippen molar-refractivity contribution in [1.82, 2.24) is 5.32 Å². The Morgan fingerprint density at radius 2 is 1.90 bits per heavy atom. The molecular formula is C18H25NO2. The summed E-state index contributed by atoms with van der Waals surface area (Å²) in [6.45, 7) is 2.62. The first-order valence-corrected chi connectivity index (χ1v) is 8.40. The summed E-state index contributed by atoms with van der Waals surface area (Å²) in [5.41, 5.74) is 3.14. The van der Waals surface area contributed by atoms with Crippen molar-refractivity contribution in [3.05, 3.63) is 35.4 Å². The normalized spacial score (nSPS) is 31.2. The van der Waals surface area contributed by atoms with Crippen molar-refractivity contribution >= 4 is 0 Å². The van der Waals surface area contributed by atoms with E-state index in [1.165, 1.54) is 24.0 Å². The molecule has 1 aromatic carbocycles. The zero-order valence-corrected chi connectivity index (χ0v) is 12.6. The first-order chi connectivity index (χ1) is 10.3. The molecule has 1 spiro atoms. The third kappa shape index (κ3) is 2.75. The van der Waals surface area contributed by atoms with Gasteiger partial charge in [-0.1, -0.05) is 24.3 Å². The second kappa shape index (κ2) is 5.71. The summed E-state index contributed by atoms with van der Waals surface area (Å²) < 4.78 is 11.7. The smallest absolute Gasteiger partial charge is 0.0741 e. The molecule has 1 aliphatic carbocycles. The lowest BCUT2D eigenvalue weighted by atomic mass is 9.83. The minimum absolute atomic E-state index is 0.0896. The van der Waals surface area contributed by atoms with Gasteiger partial charge < -0.3 is 14.8 Å². The van der Waals surface area contributed by atoms with Gasteiger partial charge in [0.05, 0.1) is 5.60 Å². The van der Waals surface area contributed by atoms with E-state index in [2.05, 4.69) is 29.6 Å². The van der Waals surface area contributed by atoms with Crippen molar-refractivity contribution in [3.63, 3.8) is 0 Å². The van der Waals surface area contributed by atoms with Gasteiger partial charge in [-0.15, -0.1) is 0 Å². The molecule has 2 atom stereocenters. The van der Waals surface area contributed by atoms with Crippen molar-refractivity contribution in [2.24, 2.45) is 0 Å². The number of aryl methyl sites for hydroxylation is 1. The Hall–Kier alpha value is -0.900. The van der Waals surface area contributed by atoms with Gasteiger partial charge in [0.25, 0.3) is 0 Å². The van der Waals surface area contributed by atoms with Crippen LogP contribution in [0.5, 0.6) is 0 Å². The molecule has 0 amide bonds. The van der Waals surface area contributed by atoms with E-state index in [0.717, 1.165) is 45.5 Å². The van der Waals surface area contributed by atoms with Crippen molar-refractivity contribution in [2.75, 3.05) is 19.8 Å². The molecule has 1 N–H and O–H groups in total. The number of nitrogens with one attached hydrogen (secondary N) is 1. The summed E-state index contributed by atoms with van der Waals surface area (Å²) in [4.78, 5) is 0. The standard InChI is InChI=1S/C18H25NO2/c1-2-4-16-14(3-1)5-6-17(16)19-15-7-10-21-18(13-15)8-11-20-12-9-18/h1-4,15,17,19H,5-13H2. The van der Waals surface area contributed by atoms with Crippen LogP contribution in [0.3, 0.4) is 0 Å². The molecule has 2 heterocycles. The average Bonchev–Trinajstić information content (AvgIpc) is 2.92. The molecule has 4 rings (SSSR count). The van der Waals surface area contributed by atoms with Crippen LogP contribution in [0.4, 0.5) is 0 Å². The predicted molar refractivity (Wildman–Crippen MR) is 82.4 cm³/mol. The van der Waals surface area contributed by atoms with E-state index in [-0.39, 0.29) is 5.60 Å². The second-order valence-corrected chi connectivity index (χ2v) is 6.79. The quantitative estimate of drug-likeness (QED) is 0.907. The molecule has 21 heavy (non-hydrogen) atoms. The van der Waals surface area contributed by atoms with E-state index in [4.69, 9.17) is 9.47 Å². The molecule has 3 aliphatic rings. The lowest BCUT2D eigenvalue weighted by molar-refractivity contribution is -0.141. The Balaban J connectivity index is 1.43. The summed E-state index contributed by atoms with van der Waals surface area (Å²) in [5, 5.41) is 3.92. The molecule has 3 nitrogen and oxygen atoms in total. The summed E-state index contributed by atoms with van der Waals surface area (Å²) in [7, 11) is 0. The number of fused-ring (bicyclic) bond motifs is 1. The van der Waals surface area contributed by atoms with E-state index in [9.17, 15) is 0 Å². The maximum atomic E-state index is 6.15. The van der Waals surface area contributed by atoms with Gasteiger partial charge in [0, 0.05) is 31.9 Å². The maximum Gasteiger partial charge on any atom is 0.0741 e. The van der Waals surface area contributed by atoms with Crippen molar-refractivity contribution < 1.29 is 9.47 Å².